The van der Waals surface area contributed by atoms with Crippen molar-refractivity contribution in [1.29, 1.82) is 0 Å². The minimum absolute atomic E-state index is 0.00335. The van der Waals surface area contributed by atoms with E-state index < -0.39 is 0 Å². The Hall–Kier alpha value is -0.160. The highest BCUT2D eigenvalue weighted by Crippen LogP contribution is 2.36. The lowest BCUT2D eigenvalue weighted by Crippen LogP contribution is -2.54. The highest BCUT2D eigenvalue weighted by molar-refractivity contribution is 4.89. The number of hydrogen-bond donors (Lipinski definition) is 2. The van der Waals surface area contributed by atoms with E-state index in [1.165, 1.54) is 38.5 Å². The number of rotatable bonds is 5. The molecule has 0 bridgehead atoms. The van der Waals surface area contributed by atoms with Gasteiger partial charge in [0.15, 0.2) is 0 Å². The SMILES string of the molecule is CNCC1(CN2CC(CO)OCC2C)CCCCCC1. The van der Waals surface area contributed by atoms with E-state index in [4.69, 9.17) is 4.74 Å². The van der Waals surface area contributed by atoms with Crippen LogP contribution in [0.1, 0.15) is 45.4 Å². The molecule has 2 atom stereocenters. The van der Waals surface area contributed by atoms with Crippen LogP contribution in [0.15, 0.2) is 0 Å². The fraction of sp³-hybridized carbons (Fsp3) is 1.00. The molecule has 0 spiro atoms. The van der Waals surface area contributed by atoms with E-state index >= 15 is 0 Å². The van der Waals surface area contributed by atoms with Crippen LogP contribution < -0.4 is 5.32 Å². The monoisotopic (exact) mass is 284 g/mol. The molecule has 2 fully saturated rings. The molecule has 2 aliphatic rings. The van der Waals surface area contributed by atoms with Crippen LogP contribution in [0.25, 0.3) is 0 Å². The van der Waals surface area contributed by atoms with Crippen molar-refractivity contribution in [2.75, 3.05) is 39.9 Å². The Morgan fingerprint density at radius 1 is 1.25 bits per heavy atom. The van der Waals surface area contributed by atoms with Crippen molar-refractivity contribution in [2.45, 2.75) is 57.6 Å². The van der Waals surface area contributed by atoms with Gasteiger partial charge in [-0.2, -0.15) is 0 Å². The molecule has 0 amide bonds. The summed E-state index contributed by atoms with van der Waals surface area (Å²) in [7, 11) is 2.08. The number of nitrogens with zero attached hydrogens (tertiary/aromatic N) is 1. The molecule has 2 rings (SSSR count). The van der Waals surface area contributed by atoms with Crippen molar-refractivity contribution in [3.63, 3.8) is 0 Å². The van der Waals surface area contributed by atoms with E-state index in [0.29, 0.717) is 11.5 Å². The van der Waals surface area contributed by atoms with Gasteiger partial charge in [0, 0.05) is 25.7 Å². The van der Waals surface area contributed by atoms with Crippen molar-refractivity contribution < 1.29 is 9.84 Å². The first-order valence-electron chi connectivity index (χ1n) is 8.30. The van der Waals surface area contributed by atoms with Crippen LogP contribution in [0, 0.1) is 5.41 Å². The smallest absolute Gasteiger partial charge is 0.0933 e. The molecule has 4 heteroatoms. The molecule has 118 valence electrons. The normalized spacial score (nSPS) is 31.9. The molecule has 1 saturated heterocycles. The van der Waals surface area contributed by atoms with Crippen LogP contribution in [0.5, 0.6) is 0 Å². The summed E-state index contributed by atoms with van der Waals surface area (Å²) in [5.74, 6) is 0. The number of nitrogens with one attached hydrogen (secondary N) is 1. The summed E-state index contributed by atoms with van der Waals surface area (Å²) in [5.41, 5.74) is 0.414. The van der Waals surface area contributed by atoms with Gasteiger partial charge in [-0.15, -0.1) is 0 Å². The number of aliphatic hydroxyl groups excluding tert-OH is 1. The molecule has 1 saturated carbocycles. The summed E-state index contributed by atoms with van der Waals surface area (Å²) in [6, 6.07) is 0.467. The lowest BCUT2D eigenvalue weighted by molar-refractivity contribution is -0.0891. The van der Waals surface area contributed by atoms with E-state index in [1.54, 1.807) is 0 Å². The predicted octanol–water partition coefficient (Wildman–Crippen LogP) is 1.63. The lowest BCUT2D eigenvalue weighted by Gasteiger charge is -2.44. The maximum Gasteiger partial charge on any atom is 0.0933 e. The third-order valence-corrected chi connectivity index (χ3v) is 5.09. The number of ether oxygens (including phenoxy) is 1. The third-order valence-electron chi connectivity index (χ3n) is 5.09. The topological polar surface area (TPSA) is 44.7 Å². The molecule has 2 N–H and O–H groups in total. The van der Waals surface area contributed by atoms with Crippen molar-refractivity contribution in [2.24, 2.45) is 5.41 Å². The van der Waals surface area contributed by atoms with Gasteiger partial charge in [-0.25, -0.2) is 0 Å². The van der Waals surface area contributed by atoms with Crippen LogP contribution in [-0.4, -0.2) is 62.0 Å². The highest BCUT2D eigenvalue weighted by atomic mass is 16.5. The molecule has 1 aliphatic carbocycles. The average Bonchev–Trinajstić information content (AvgIpc) is 2.68. The molecule has 1 heterocycles. The fourth-order valence-corrected chi connectivity index (χ4v) is 3.88. The van der Waals surface area contributed by atoms with Gasteiger partial charge in [0.25, 0.3) is 0 Å². The Bertz CT molecular complexity index is 278. The van der Waals surface area contributed by atoms with Gasteiger partial charge in [0.2, 0.25) is 0 Å². The van der Waals surface area contributed by atoms with E-state index in [2.05, 4.69) is 24.2 Å². The van der Waals surface area contributed by atoms with Gasteiger partial charge in [-0.1, -0.05) is 25.7 Å². The summed E-state index contributed by atoms with van der Waals surface area (Å²) in [5, 5.41) is 12.8. The first-order valence-corrected chi connectivity index (χ1v) is 8.30. The van der Waals surface area contributed by atoms with E-state index in [9.17, 15) is 5.11 Å². The summed E-state index contributed by atoms with van der Waals surface area (Å²) in [6.45, 7) is 6.28. The fourth-order valence-electron chi connectivity index (χ4n) is 3.88. The van der Waals surface area contributed by atoms with Gasteiger partial charge in [0.05, 0.1) is 19.3 Å². The van der Waals surface area contributed by atoms with Crippen LogP contribution in [0.4, 0.5) is 0 Å². The Kier molecular flexibility index (Phi) is 6.27. The molecular formula is C16H32N2O2. The third kappa shape index (κ3) is 4.17. The number of aliphatic hydroxyl groups is 1. The van der Waals surface area contributed by atoms with Crippen molar-refractivity contribution in [1.82, 2.24) is 10.2 Å². The van der Waals surface area contributed by atoms with E-state index in [-0.39, 0.29) is 12.7 Å². The minimum Gasteiger partial charge on any atom is -0.394 e. The quantitative estimate of drug-likeness (QED) is 0.753. The first-order chi connectivity index (χ1) is 9.69. The summed E-state index contributed by atoms with van der Waals surface area (Å²) >= 11 is 0. The van der Waals surface area contributed by atoms with Crippen molar-refractivity contribution in [3.05, 3.63) is 0 Å². The molecule has 2 unspecified atom stereocenters. The second-order valence-electron chi connectivity index (χ2n) is 6.86. The Labute approximate surface area is 123 Å². The second-order valence-corrected chi connectivity index (χ2v) is 6.86. The van der Waals surface area contributed by atoms with Gasteiger partial charge in [-0.3, -0.25) is 4.90 Å². The second kappa shape index (κ2) is 7.74. The first kappa shape index (κ1) is 16.2. The zero-order valence-corrected chi connectivity index (χ0v) is 13.2. The van der Waals surface area contributed by atoms with Gasteiger partial charge < -0.3 is 15.2 Å². The molecule has 0 radical (unpaired) electrons. The van der Waals surface area contributed by atoms with Crippen LogP contribution >= 0.6 is 0 Å². The van der Waals surface area contributed by atoms with Gasteiger partial charge in [0.1, 0.15) is 0 Å². The molecule has 0 aromatic rings. The molecular weight excluding hydrogens is 252 g/mol. The lowest BCUT2D eigenvalue weighted by atomic mass is 9.79. The maximum absolute atomic E-state index is 9.35. The summed E-state index contributed by atoms with van der Waals surface area (Å²) < 4.78 is 5.67. The maximum atomic E-state index is 9.35. The van der Waals surface area contributed by atoms with Gasteiger partial charge >= 0.3 is 0 Å². The predicted molar refractivity (Wildman–Crippen MR) is 81.9 cm³/mol. The zero-order valence-electron chi connectivity index (χ0n) is 13.2. The molecule has 4 nitrogen and oxygen atoms in total. The Balaban J connectivity index is 2.01. The zero-order chi connectivity index (χ0) is 14.4. The largest absolute Gasteiger partial charge is 0.394 e. The number of morpholine rings is 1. The van der Waals surface area contributed by atoms with Crippen LogP contribution in [0.2, 0.25) is 0 Å². The summed E-state index contributed by atoms with van der Waals surface area (Å²) in [4.78, 5) is 2.55. The van der Waals surface area contributed by atoms with Gasteiger partial charge in [-0.05, 0) is 32.2 Å². The average molecular weight is 284 g/mol. The van der Waals surface area contributed by atoms with Crippen LogP contribution in [-0.2, 0) is 4.74 Å². The highest BCUT2D eigenvalue weighted by Gasteiger charge is 2.36. The standard InChI is InChI=1S/C16H32N2O2/c1-14-11-20-15(10-19)9-18(14)13-16(12-17-2)7-5-3-4-6-8-16/h14-15,17,19H,3-13H2,1-2H3. The van der Waals surface area contributed by atoms with Crippen molar-refractivity contribution >= 4 is 0 Å². The van der Waals surface area contributed by atoms with E-state index in [0.717, 1.165) is 26.2 Å². The molecule has 1 aliphatic heterocycles. The Morgan fingerprint density at radius 2 is 1.95 bits per heavy atom. The van der Waals surface area contributed by atoms with E-state index in [1.807, 2.05) is 0 Å². The molecule has 0 aromatic heterocycles. The molecule has 20 heavy (non-hydrogen) atoms. The molecule has 0 aromatic carbocycles. The summed E-state index contributed by atoms with van der Waals surface area (Å²) in [6.07, 6.45) is 8.19. The number of hydrogen-bond acceptors (Lipinski definition) is 4. The van der Waals surface area contributed by atoms with Crippen LogP contribution in [0.3, 0.4) is 0 Å². The van der Waals surface area contributed by atoms with Crippen molar-refractivity contribution in [3.8, 4) is 0 Å². The Morgan fingerprint density at radius 3 is 2.55 bits per heavy atom. The minimum atomic E-state index is 0.00335.